The fourth-order valence-corrected chi connectivity index (χ4v) is 4.28. The molecule has 0 fully saturated rings. The lowest BCUT2D eigenvalue weighted by Crippen LogP contribution is -2.37. The summed E-state index contributed by atoms with van der Waals surface area (Å²) >= 11 is 0. The second kappa shape index (κ2) is 21.9. The number of carbonyl (C=O) groups is 2. The molecule has 9 nitrogen and oxygen atoms in total. The van der Waals surface area contributed by atoms with Crippen LogP contribution in [0.15, 0.2) is 0 Å². The van der Waals surface area contributed by atoms with E-state index in [0.29, 0.717) is 17.4 Å². The molecule has 0 aliphatic heterocycles. The molecule has 0 aliphatic carbocycles. The number of nitrogens with zero attached hydrogens (tertiary/aromatic N) is 1. The van der Waals surface area contributed by atoms with E-state index in [1.165, 1.54) is 38.5 Å². The number of carbonyl (C=O) groups excluding carboxylic acids is 2. The zero-order valence-corrected chi connectivity index (χ0v) is 25.1. The summed E-state index contributed by atoms with van der Waals surface area (Å²) < 4.78 is 33.6. The molecule has 10 heteroatoms. The number of rotatable bonds is 25. The van der Waals surface area contributed by atoms with Crippen molar-refractivity contribution in [2.75, 3.05) is 47.5 Å². The predicted molar refractivity (Wildman–Crippen MR) is 146 cm³/mol. The van der Waals surface area contributed by atoms with Crippen LogP contribution >= 0.6 is 7.82 Å². The van der Waals surface area contributed by atoms with Crippen molar-refractivity contribution in [3.8, 4) is 0 Å². The van der Waals surface area contributed by atoms with Crippen molar-refractivity contribution in [1.29, 1.82) is 0 Å². The van der Waals surface area contributed by atoms with Gasteiger partial charge in [0.25, 0.3) is 0 Å². The largest absolute Gasteiger partial charge is 0.472 e. The average molecular weight is 553 g/mol. The summed E-state index contributed by atoms with van der Waals surface area (Å²) in [6.45, 7) is 4.23. The van der Waals surface area contributed by atoms with Gasteiger partial charge in [-0.3, -0.25) is 18.6 Å². The van der Waals surface area contributed by atoms with Crippen molar-refractivity contribution >= 4 is 19.8 Å². The van der Waals surface area contributed by atoms with Crippen molar-refractivity contribution in [1.82, 2.24) is 0 Å². The van der Waals surface area contributed by atoms with Crippen molar-refractivity contribution in [3.63, 3.8) is 0 Å². The average Bonchev–Trinajstić information content (AvgIpc) is 2.81. The Balaban J connectivity index is 4.54. The van der Waals surface area contributed by atoms with E-state index in [1.807, 2.05) is 21.1 Å². The van der Waals surface area contributed by atoms with Gasteiger partial charge in [0.05, 0.1) is 27.7 Å². The van der Waals surface area contributed by atoms with E-state index in [-0.39, 0.29) is 32.0 Å². The molecule has 0 rings (SSSR count). The SMILES string of the molecule is CCCCCCCCCCCC(=O)OC(COC(=O)CCCCCC)COP(=O)(O)OCC[N+](C)(C)C. The van der Waals surface area contributed by atoms with E-state index in [1.54, 1.807) is 0 Å². The van der Waals surface area contributed by atoms with Gasteiger partial charge in [-0.1, -0.05) is 84.5 Å². The summed E-state index contributed by atoms with van der Waals surface area (Å²) in [5.41, 5.74) is 0. The van der Waals surface area contributed by atoms with Crippen molar-refractivity contribution in [2.24, 2.45) is 0 Å². The molecule has 0 saturated carbocycles. The summed E-state index contributed by atoms with van der Waals surface area (Å²) in [6, 6.07) is 0. The molecule has 0 spiro atoms. The molecule has 0 aromatic rings. The Morgan fingerprint density at radius 1 is 0.730 bits per heavy atom. The van der Waals surface area contributed by atoms with Gasteiger partial charge in [0.1, 0.15) is 19.8 Å². The first-order chi connectivity index (χ1) is 17.5. The van der Waals surface area contributed by atoms with Gasteiger partial charge >= 0.3 is 19.8 Å². The number of phosphoric acid groups is 1. The Kier molecular flexibility index (Phi) is 21.3. The maximum Gasteiger partial charge on any atom is 0.472 e. The molecular weight excluding hydrogens is 497 g/mol. The summed E-state index contributed by atoms with van der Waals surface area (Å²) in [6.07, 6.45) is 13.6. The fourth-order valence-electron chi connectivity index (χ4n) is 3.54. The van der Waals surface area contributed by atoms with Crippen LogP contribution in [0.2, 0.25) is 0 Å². The van der Waals surface area contributed by atoms with Crippen LogP contribution in [0.3, 0.4) is 0 Å². The zero-order valence-electron chi connectivity index (χ0n) is 24.2. The van der Waals surface area contributed by atoms with Crippen LogP contribution in [-0.2, 0) is 32.7 Å². The molecule has 37 heavy (non-hydrogen) atoms. The highest BCUT2D eigenvalue weighted by molar-refractivity contribution is 7.47. The lowest BCUT2D eigenvalue weighted by atomic mass is 10.1. The number of unbranched alkanes of at least 4 members (excludes halogenated alkanes) is 11. The molecule has 0 saturated heterocycles. The van der Waals surface area contributed by atoms with E-state index < -0.39 is 26.5 Å². The summed E-state index contributed by atoms with van der Waals surface area (Å²) in [7, 11) is 1.48. The Labute approximate surface area is 225 Å². The highest BCUT2D eigenvalue weighted by Crippen LogP contribution is 2.43. The first-order valence-electron chi connectivity index (χ1n) is 14.3. The number of likely N-dealkylation sites (N-methyl/N-ethyl adjacent to an activating group) is 1. The van der Waals surface area contributed by atoms with E-state index >= 15 is 0 Å². The molecule has 0 aromatic heterocycles. The molecule has 220 valence electrons. The van der Waals surface area contributed by atoms with Crippen LogP contribution in [-0.4, -0.2) is 74.9 Å². The second-order valence-electron chi connectivity index (χ2n) is 10.8. The van der Waals surface area contributed by atoms with E-state index in [9.17, 15) is 19.0 Å². The molecule has 1 N–H and O–H groups in total. The third kappa shape index (κ3) is 25.1. The van der Waals surface area contributed by atoms with Gasteiger partial charge in [0.2, 0.25) is 0 Å². The Morgan fingerprint density at radius 3 is 1.76 bits per heavy atom. The molecule has 2 atom stereocenters. The van der Waals surface area contributed by atoms with Crippen molar-refractivity contribution < 1.29 is 42.1 Å². The minimum absolute atomic E-state index is 0.0348. The molecule has 0 bridgehead atoms. The predicted octanol–water partition coefficient (Wildman–Crippen LogP) is 6.17. The summed E-state index contributed by atoms with van der Waals surface area (Å²) in [5.74, 6) is -0.822. The van der Waals surface area contributed by atoms with Crippen molar-refractivity contribution in [2.45, 2.75) is 116 Å². The van der Waals surface area contributed by atoms with E-state index in [0.717, 1.165) is 38.5 Å². The topological polar surface area (TPSA) is 108 Å². The minimum atomic E-state index is -4.33. The quantitative estimate of drug-likeness (QED) is 0.0620. The zero-order chi connectivity index (χ0) is 28.0. The van der Waals surface area contributed by atoms with Crippen molar-refractivity contribution in [3.05, 3.63) is 0 Å². The first-order valence-corrected chi connectivity index (χ1v) is 15.8. The lowest BCUT2D eigenvalue weighted by Gasteiger charge is -2.24. The van der Waals surface area contributed by atoms with Crippen LogP contribution in [0.5, 0.6) is 0 Å². The highest BCUT2D eigenvalue weighted by Gasteiger charge is 2.27. The van der Waals surface area contributed by atoms with Gasteiger partial charge < -0.3 is 18.9 Å². The Morgan fingerprint density at radius 2 is 1.22 bits per heavy atom. The van der Waals surface area contributed by atoms with Crippen LogP contribution in [0.25, 0.3) is 0 Å². The standard InChI is InChI=1S/C27H54NO8P/c1-6-8-10-12-13-14-15-16-18-20-27(30)36-25(23-33-26(29)19-17-11-9-7-2)24-35-37(31,32)34-22-21-28(3,4)5/h25H,6-24H2,1-5H3/p+1. The minimum Gasteiger partial charge on any atom is -0.462 e. The Hall–Kier alpha value is -0.990. The summed E-state index contributed by atoms with van der Waals surface area (Å²) in [5, 5.41) is 0. The van der Waals surface area contributed by atoms with E-state index in [4.69, 9.17) is 18.5 Å². The molecule has 0 amide bonds. The smallest absolute Gasteiger partial charge is 0.462 e. The number of hydrogen-bond acceptors (Lipinski definition) is 7. The van der Waals surface area contributed by atoms with Gasteiger partial charge in [0, 0.05) is 12.8 Å². The van der Waals surface area contributed by atoms with Gasteiger partial charge in [0.15, 0.2) is 6.10 Å². The summed E-state index contributed by atoms with van der Waals surface area (Å²) in [4.78, 5) is 34.4. The van der Waals surface area contributed by atoms with Crippen LogP contribution in [0, 0.1) is 0 Å². The second-order valence-corrected chi connectivity index (χ2v) is 12.2. The lowest BCUT2D eigenvalue weighted by molar-refractivity contribution is -0.870. The monoisotopic (exact) mass is 552 g/mol. The number of esters is 2. The molecule has 0 aromatic carbocycles. The third-order valence-corrected chi connectivity index (χ3v) is 6.87. The molecule has 0 heterocycles. The normalized spacial score (nSPS) is 14.2. The molecule has 2 unspecified atom stereocenters. The van der Waals surface area contributed by atoms with Gasteiger partial charge in [-0.25, -0.2) is 4.57 Å². The van der Waals surface area contributed by atoms with Crippen LogP contribution in [0.4, 0.5) is 0 Å². The number of phosphoric ester groups is 1. The fraction of sp³-hybridized carbons (Fsp3) is 0.926. The van der Waals surface area contributed by atoms with Crippen LogP contribution in [0.1, 0.15) is 110 Å². The van der Waals surface area contributed by atoms with Gasteiger partial charge in [-0.2, -0.15) is 0 Å². The van der Waals surface area contributed by atoms with Gasteiger partial charge in [-0.15, -0.1) is 0 Å². The molecule has 0 radical (unpaired) electrons. The Bertz CT molecular complexity index is 638. The maximum atomic E-state index is 12.4. The maximum absolute atomic E-state index is 12.4. The molecule has 0 aliphatic rings. The number of ether oxygens (including phenoxy) is 2. The number of quaternary nitrogens is 1. The molecular formula is C27H55NO8P+. The first kappa shape index (κ1) is 36.0. The third-order valence-electron chi connectivity index (χ3n) is 5.89. The van der Waals surface area contributed by atoms with Crippen LogP contribution < -0.4 is 0 Å². The van der Waals surface area contributed by atoms with Gasteiger partial charge in [-0.05, 0) is 12.8 Å². The van der Waals surface area contributed by atoms with E-state index in [2.05, 4.69) is 13.8 Å². The highest BCUT2D eigenvalue weighted by atomic mass is 31.2. The number of hydrogen-bond donors (Lipinski definition) is 1.